The van der Waals surface area contributed by atoms with Gasteiger partial charge in [0.15, 0.2) is 6.10 Å². The monoisotopic (exact) mass is 407 g/mol. The quantitative estimate of drug-likeness (QED) is 0.757. The highest BCUT2D eigenvalue weighted by molar-refractivity contribution is 7.89. The first-order chi connectivity index (χ1) is 13.3. The number of carbonyl (C=O) groups excluding carboxylic acids is 2. The van der Waals surface area contributed by atoms with Gasteiger partial charge in [-0.1, -0.05) is 12.1 Å². The molecular formula is C18H18FN3O5S. The van der Waals surface area contributed by atoms with Crippen LogP contribution in [0.4, 0.5) is 10.1 Å². The van der Waals surface area contributed by atoms with Gasteiger partial charge >= 0.3 is 0 Å². The molecule has 0 radical (unpaired) electrons. The zero-order valence-corrected chi connectivity index (χ0v) is 15.7. The second kappa shape index (κ2) is 7.95. The maximum absolute atomic E-state index is 13.0. The van der Waals surface area contributed by atoms with E-state index in [-0.39, 0.29) is 11.4 Å². The Morgan fingerprint density at radius 2 is 1.86 bits per heavy atom. The molecule has 0 aliphatic carbocycles. The van der Waals surface area contributed by atoms with Crippen molar-refractivity contribution in [2.75, 3.05) is 25.0 Å². The second-order valence-corrected chi connectivity index (χ2v) is 7.74. The number of nitrogens with one attached hydrogen (secondary N) is 2. The third kappa shape index (κ3) is 4.12. The lowest BCUT2D eigenvalue weighted by Gasteiger charge is -2.34. The molecule has 1 atom stereocenters. The molecule has 0 saturated carbocycles. The van der Waals surface area contributed by atoms with Gasteiger partial charge in [0, 0.05) is 7.05 Å². The number of hydrogen-bond donors (Lipinski definition) is 2. The number of benzene rings is 2. The third-order valence-corrected chi connectivity index (χ3v) is 5.57. The molecule has 0 unspecified atom stereocenters. The molecule has 0 spiro atoms. The standard InChI is InChI=1S/C18H18FN3O5S/c1-20-18(24)16-11-22(14-4-2-3-5-15(14)27-16)17(23)10-21-28(25,26)13-8-6-12(19)7-9-13/h2-9,16,21H,10-11H2,1H3,(H,20,24)/t16-/m1/s1. The molecule has 3 rings (SSSR count). The van der Waals surface area contributed by atoms with Crippen molar-refractivity contribution in [3.05, 3.63) is 54.3 Å². The Hall–Kier alpha value is -2.98. The molecule has 0 fully saturated rings. The minimum absolute atomic E-state index is 0.0617. The normalized spacial score (nSPS) is 16.1. The highest BCUT2D eigenvalue weighted by Crippen LogP contribution is 2.33. The summed E-state index contributed by atoms with van der Waals surface area (Å²) in [4.78, 5) is 25.8. The molecule has 28 heavy (non-hydrogen) atoms. The molecule has 2 aromatic carbocycles. The van der Waals surface area contributed by atoms with Crippen LogP contribution in [0.2, 0.25) is 0 Å². The molecule has 2 aromatic rings. The van der Waals surface area contributed by atoms with Crippen LogP contribution in [-0.2, 0) is 19.6 Å². The van der Waals surface area contributed by atoms with Crippen LogP contribution < -0.4 is 19.7 Å². The molecular weight excluding hydrogens is 389 g/mol. The molecule has 2 N–H and O–H groups in total. The van der Waals surface area contributed by atoms with Crippen molar-refractivity contribution in [1.82, 2.24) is 10.0 Å². The Bertz CT molecular complexity index is 995. The number of sulfonamides is 1. The lowest BCUT2D eigenvalue weighted by Crippen LogP contribution is -2.52. The van der Waals surface area contributed by atoms with E-state index < -0.39 is 40.3 Å². The maximum atomic E-state index is 13.0. The van der Waals surface area contributed by atoms with Crippen molar-refractivity contribution in [1.29, 1.82) is 0 Å². The zero-order valence-electron chi connectivity index (χ0n) is 14.9. The van der Waals surface area contributed by atoms with Gasteiger partial charge in [0.05, 0.1) is 23.7 Å². The minimum Gasteiger partial charge on any atom is -0.477 e. The number of halogens is 1. The van der Waals surface area contributed by atoms with E-state index >= 15 is 0 Å². The number of carbonyl (C=O) groups is 2. The number of ether oxygens (including phenoxy) is 1. The molecule has 0 saturated heterocycles. The summed E-state index contributed by atoms with van der Waals surface area (Å²) >= 11 is 0. The summed E-state index contributed by atoms with van der Waals surface area (Å²) in [5.41, 5.74) is 0.439. The summed E-state index contributed by atoms with van der Waals surface area (Å²) in [6.45, 7) is -0.595. The highest BCUT2D eigenvalue weighted by atomic mass is 32.2. The first-order valence-corrected chi connectivity index (χ1v) is 9.83. The number of amides is 2. The van der Waals surface area contributed by atoms with Crippen LogP contribution in [0.3, 0.4) is 0 Å². The Morgan fingerprint density at radius 3 is 2.54 bits per heavy atom. The molecule has 10 heteroatoms. The second-order valence-electron chi connectivity index (χ2n) is 5.97. The van der Waals surface area contributed by atoms with Crippen LogP contribution in [0.5, 0.6) is 5.75 Å². The number of rotatable bonds is 5. The van der Waals surface area contributed by atoms with Gasteiger partial charge in [-0.05, 0) is 36.4 Å². The van der Waals surface area contributed by atoms with Crippen molar-refractivity contribution in [2.24, 2.45) is 0 Å². The molecule has 1 aliphatic heterocycles. The van der Waals surface area contributed by atoms with Crippen LogP contribution in [-0.4, -0.2) is 46.5 Å². The highest BCUT2D eigenvalue weighted by Gasteiger charge is 2.33. The van der Waals surface area contributed by atoms with Gasteiger partial charge in [-0.3, -0.25) is 9.59 Å². The van der Waals surface area contributed by atoms with E-state index in [0.717, 1.165) is 24.3 Å². The summed E-state index contributed by atoms with van der Waals surface area (Å²) in [6, 6.07) is 10.9. The zero-order chi connectivity index (χ0) is 20.3. The average Bonchev–Trinajstić information content (AvgIpc) is 2.71. The van der Waals surface area contributed by atoms with Crippen LogP contribution in [0, 0.1) is 5.82 Å². The van der Waals surface area contributed by atoms with Gasteiger partial charge in [0.1, 0.15) is 11.6 Å². The number of para-hydroxylation sites is 2. The van der Waals surface area contributed by atoms with Crippen molar-refractivity contribution < 1.29 is 27.1 Å². The molecule has 148 valence electrons. The summed E-state index contributed by atoms with van der Waals surface area (Å²) < 4.78 is 45.4. The lowest BCUT2D eigenvalue weighted by molar-refractivity contribution is -0.127. The number of nitrogens with zero attached hydrogens (tertiary/aromatic N) is 1. The van der Waals surface area contributed by atoms with Crippen LogP contribution in [0.25, 0.3) is 0 Å². The predicted molar refractivity (Wildman–Crippen MR) is 98.9 cm³/mol. The van der Waals surface area contributed by atoms with Crippen molar-refractivity contribution in [2.45, 2.75) is 11.0 Å². The number of hydrogen-bond acceptors (Lipinski definition) is 5. The first-order valence-electron chi connectivity index (χ1n) is 8.34. The smallest absolute Gasteiger partial charge is 0.262 e. The maximum Gasteiger partial charge on any atom is 0.262 e. The van der Waals surface area contributed by atoms with Gasteiger partial charge in [-0.25, -0.2) is 17.5 Å². The molecule has 1 aliphatic rings. The van der Waals surface area contributed by atoms with Crippen LogP contribution >= 0.6 is 0 Å². The molecule has 0 bridgehead atoms. The summed E-state index contributed by atoms with van der Waals surface area (Å²) in [6.07, 6.45) is -0.919. The van der Waals surface area contributed by atoms with E-state index in [9.17, 15) is 22.4 Å². The van der Waals surface area contributed by atoms with Gasteiger partial charge < -0.3 is 15.0 Å². The first kappa shape index (κ1) is 19.8. The largest absolute Gasteiger partial charge is 0.477 e. The summed E-state index contributed by atoms with van der Waals surface area (Å²) in [5, 5.41) is 2.46. The van der Waals surface area contributed by atoms with E-state index in [2.05, 4.69) is 10.0 Å². The van der Waals surface area contributed by atoms with E-state index in [1.807, 2.05) is 0 Å². The molecule has 8 nitrogen and oxygen atoms in total. The van der Waals surface area contributed by atoms with E-state index in [1.54, 1.807) is 24.3 Å². The third-order valence-electron chi connectivity index (χ3n) is 4.15. The van der Waals surface area contributed by atoms with Crippen LogP contribution in [0.1, 0.15) is 0 Å². The summed E-state index contributed by atoms with van der Waals surface area (Å²) in [7, 11) is -2.54. The minimum atomic E-state index is -4.00. The van der Waals surface area contributed by atoms with Crippen molar-refractivity contribution in [3.63, 3.8) is 0 Å². The number of likely N-dealkylation sites (N-methyl/N-ethyl adjacent to an activating group) is 1. The fourth-order valence-electron chi connectivity index (χ4n) is 2.72. The number of fused-ring (bicyclic) bond motifs is 1. The average molecular weight is 407 g/mol. The van der Waals surface area contributed by atoms with E-state index in [0.29, 0.717) is 11.4 Å². The summed E-state index contributed by atoms with van der Waals surface area (Å²) in [5.74, 6) is -1.19. The van der Waals surface area contributed by atoms with Crippen LogP contribution in [0.15, 0.2) is 53.4 Å². The Morgan fingerprint density at radius 1 is 1.18 bits per heavy atom. The molecule has 2 amide bonds. The SMILES string of the molecule is CNC(=O)[C@H]1CN(C(=O)CNS(=O)(=O)c2ccc(F)cc2)c2ccccc2O1. The van der Waals surface area contributed by atoms with E-state index in [4.69, 9.17) is 4.74 Å². The lowest BCUT2D eigenvalue weighted by atomic mass is 10.1. The Kier molecular flexibility index (Phi) is 5.61. The van der Waals surface area contributed by atoms with Gasteiger partial charge in [0.2, 0.25) is 15.9 Å². The fraction of sp³-hybridized carbons (Fsp3) is 0.222. The fourth-order valence-corrected chi connectivity index (χ4v) is 3.69. The van der Waals surface area contributed by atoms with E-state index in [1.165, 1.54) is 11.9 Å². The molecule has 0 aromatic heterocycles. The topological polar surface area (TPSA) is 105 Å². The van der Waals surface area contributed by atoms with Gasteiger partial charge in [0.25, 0.3) is 5.91 Å². The van der Waals surface area contributed by atoms with Gasteiger partial charge in [-0.15, -0.1) is 0 Å². The van der Waals surface area contributed by atoms with Crippen molar-refractivity contribution >= 4 is 27.5 Å². The van der Waals surface area contributed by atoms with Crippen molar-refractivity contribution in [3.8, 4) is 5.75 Å². The predicted octanol–water partition coefficient (Wildman–Crippen LogP) is 0.644. The Balaban J connectivity index is 1.77. The molecule has 1 heterocycles. The number of anilines is 1. The van der Waals surface area contributed by atoms with Gasteiger partial charge in [-0.2, -0.15) is 0 Å². The Labute approximate surface area is 161 Å².